The topological polar surface area (TPSA) is 40.1 Å². The Hall–Kier alpha value is -0.650. The van der Waals surface area contributed by atoms with Crippen molar-refractivity contribution in [3.8, 4) is 0 Å². The molecule has 0 bridgehead atoms. The Morgan fingerprint density at radius 2 is 1.93 bits per heavy atom. The van der Waals surface area contributed by atoms with Crippen LogP contribution in [-0.4, -0.2) is 17.7 Å². The van der Waals surface area contributed by atoms with Crippen molar-refractivity contribution in [3.05, 3.63) is 11.8 Å². The summed E-state index contributed by atoms with van der Waals surface area (Å²) in [7, 11) is 0. The van der Waals surface area contributed by atoms with E-state index in [0.29, 0.717) is 18.6 Å². The SMILES string of the molecule is O=C(/C=C(\[O-])C(F)(F)F)CCCCS. The van der Waals surface area contributed by atoms with Gasteiger partial charge in [0.25, 0.3) is 0 Å². The Kier molecular flexibility index (Phi) is 5.68. The molecule has 0 unspecified atom stereocenters. The number of alkyl halides is 3. The Bertz CT molecular complexity index is 223. The first-order valence-electron chi connectivity index (χ1n) is 3.97. The van der Waals surface area contributed by atoms with Gasteiger partial charge in [-0.15, -0.1) is 0 Å². The largest absolute Gasteiger partial charge is 0.869 e. The van der Waals surface area contributed by atoms with E-state index in [1.807, 2.05) is 0 Å². The first-order valence-corrected chi connectivity index (χ1v) is 4.60. The normalized spacial score (nSPS) is 13.0. The Morgan fingerprint density at radius 1 is 1.36 bits per heavy atom. The van der Waals surface area contributed by atoms with Crippen LogP contribution in [0.2, 0.25) is 0 Å². The zero-order valence-corrected chi connectivity index (χ0v) is 8.20. The molecule has 0 aliphatic rings. The van der Waals surface area contributed by atoms with Crippen LogP contribution in [0.15, 0.2) is 11.8 Å². The predicted molar refractivity (Wildman–Crippen MR) is 46.8 cm³/mol. The molecular formula is C8H10F3O2S-. The molecule has 0 amide bonds. The maximum absolute atomic E-state index is 11.7. The quantitative estimate of drug-likeness (QED) is 0.334. The molecule has 0 aromatic heterocycles. The molecule has 0 aromatic rings. The molecule has 2 nitrogen and oxygen atoms in total. The van der Waals surface area contributed by atoms with Gasteiger partial charge >= 0.3 is 6.18 Å². The van der Waals surface area contributed by atoms with Gasteiger partial charge < -0.3 is 5.11 Å². The lowest BCUT2D eigenvalue weighted by Gasteiger charge is -2.14. The lowest BCUT2D eigenvalue weighted by molar-refractivity contribution is -0.360. The minimum Gasteiger partial charge on any atom is -0.869 e. The van der Waals surface area contributed by atoms with E-state index in [1.165, 1.54) is 0 Å². The van der Waals surface area contributed by atoms with Gasteiger partial charge in [-0.25, -0.2) is 0 Å². The van der Waals surface area contributed by atoms with Crippen LogP contribution in [0.4, 0.5) is 13.2 Å². The summed E-state index contributed by atoms with van der Waals surface area (Å²) in [6, 6.07) is 0. The van der Waals surface area contributed by atoms with Crippen molar-refractivity contribution in [3.63, 3.8) is 0 Å². The molecule has 0 N–H and O–H groups in total. The van der Waals surface area contributed by atoms with E-state index < -0.39 is 17.7 Å². The van der Waals surface area contributed by atoms with Crippen LogP contribution in [0.1, 0.15) is 19.3 Å². The molecule has 0 heterocycles. The van der Waals surface area contributed by atoms with E-state index in [0.717, 1.165) is 0 Å². The lowest BCUT2D eigenvalue weighted by atomic mass is 10.2. The predicted octanol–water partition coefficient (Wildman–Crippen LogP) is 1.46. The number of hydrogen-bond acceptors (Lipinski definition) is 3. The van der Waals surface area contributed by atoms with Crippen LogP contribution in [0.3, 0.4) is 0 Å². The third kappa shape index (κ3) is 5.90. The highest BCUT2D eigenvalue weighted by molar-refractivity contribution is 7.80. The van der Waals surface area contributed by atoms with E-state index in [9.17, 15) is 23.1 Å². The number of unbranched alkanes of at least 4 members (excludes halogenated alkanes) is 1. The molecule has 82 valence electrons. The van der Waals surface area contributed by atoms with Crippen molar-refractivity contribution in [2.45, 2.75) is 25.4 Å². The standard InChI is InChI=1S/C8H11F3O2S/c9-8(10,11)7(13)5-6(12)3-1-2-4-14/h5,13-14H,1-4H2/p-1/b7-5-. The highest BCUT2D eigenvalue weighted by atomic mass is 32.1. The molecule has 0 atom stereocenters. The van der Waals surface area contributed by atoms with Gasteiger partial charge in [-0.2, -0.15) is 25.8 Å². The first-order chi connectivity index (χ1) is 6.38. The van der Waals surface area contributed by atoms with Gasteiger partial charge in [-0.1, -0.05) is 0 Å². The van der Waals surface area contributed by atoms with Gasteiger partial charge in [0.05, 0.1) is 0 Å². The van der Waals surface area contributed by atoms with Gasteiger partial charge in [0.1, 0.15) is 0 Å². The minimum absolute atomic E-state index is 0.0393. The number of carbonyl (C=O) groups is 1. The van der Waals surface area contributed by atoms with Crippen LogP contribution in [0, 0.1) is 0 Å². The minimum atomic E-state index is -4.95. The average molecular weight is 227 g/mol. The van der Waals surface area contributed by atoms with Crippen molar-refractivity contribution in [2.24, 2.45) is 0 Å². The van der Waals surface area contributed by atoms with Crippen molar-refractivity contribution < 1.29 is 23.1 Å². The second kappa shape index (κ2) is 5.95. The van der Waals surface area contributed by atoms with E-state index in [-0.39, 0.29) is 12.5 Å². The van der Waals surface area contributed by atoms with E-state index in [2.05, 4.69) is 12.6 Å². The lowest BCUT2D eigenvalue weighted by Crippen LogP contribution is -2.23. The van der Waals surface area contributed by atoms with Gasteiger partial charge in [0.15, 0.2) is 5.78 Å². The Balaban J connectivity index is 4.03. The fourth-order valence-corrected chi connectivity index (χ4v) is 0.935. The Labute approximate surface area is 85.2 Å². The first kappa shape index (κ1) is 13.4. The van der Waals surface area contributed by atoms with Crippen LogP contribution in [-0.2, 0) is 4.79 Å². The number of carbonyl (C=O) groups excluding carboxylic acids is 1. The molecule has 0 rings (SSSR count). The summed E-state index contributed by atoms with van der Waals surface area (Å²) < 4.78 is 35.0. The number of hydrogen-bond donors (Lipinski definition) is 1. The number of ketones is 1. The van der Waals surface area contributed by atoms with Crippen LogP contribution in [0.25, 0.3) is 0 Å². The maximum atomic E-state index is 11.7. The highest BCUT2D eigenvalue weighted by Crippen LogP contribution is 2.21. The summed E-state index contributed by atoms with van der Waals surface area (Å²) in [5.41, 5.74) is 0. The average Bonchev–Trinajstić information content (AvgIpc) is 2.03. The third-order valence-corrected chi connectivity index (χ3v) is 1.72. The second-order valence-electron chi connectivity index (χ2n) is 2.65. The molecule has 0 aliphatic heterocycles. The second-order valence-corrected chi connectivity index (χ2v) is 3.10. The van der Waals surface area contributed by atoms with Crippen LogP contribution in [0.5, 0.6) is 0 Å². The van der Waals surface area contributed by atoms with E-state index in [4.69, 9.17) is 0 Å². The fourth-order valence-electron chi connectivity index (χ4n) is 0.711. The number of halogens is 3. The molecule has 0 aliphatic carbocycles. The summed E-state index contributed by atoms with van der Waals surface area (Å²) >= 11 is 3.87. The summed E-state index contributed by atoms with van der Waals surface area (Å²) in [6.45, 7) is 0. The number of rotatable bonds is 5. The zero-order valence-electron chi connectivity index (χ0n) is 7.30. The summed E-state index contributed by atoms with van der Waals surface area (Å²) in [4.78, 5) is 10.8. The zero-order chi connectivity index (χ0) is 11.2. The molecule has 14 heavy (non-hydrogen) atoms. The molecule has 0 saturated carbocycles. The van der Waals surface area contributed by atoms with Crippen LogP contribution >= 0.6 is 12.6 Å². The van der Waals surface area contributed by atoms with Gasteiger partial charge in [-0.05, 0) is 30.4 Å². The third-order valence-electron chi connectivity index (χ3n) is 1.40. The van der Waals surface area contributed by atoms with Crippen molar-refractivity contribution in [1.82, 2.24) is 0 Å². The summed E-state index contributed by atoms with van der Waals surface area (Å²) in [5, 5.41) is 10.3. The molecule has 0 spiro atoms. The van der Waals surface area contributed by atoms with Crippen LogP contribution < -0.4 is 5.11 Å². The molecule has 0 fully saturated rings. The van der Waals surface area contributed by atoms with E-state index >= 15 is 0 Å². The number of thiol groups is 1. The molecule has 0 aromatic carbocycles. The van der Waals surface area contributed by atoms with Crippen molar-refractivity contribution >= 4 is 18.4 Å². The van der Waals surface area contributed by atoms with Gasteiger partial charge in [0.2, 0.25) is 0 Å². The fraction of sp³-hybridized carbons (Fsp3) is 0.625. The smallest absolute Gasteiger partial charge is 0.402 e. The Morgan fingerprint density at radius 3 is 2.36 bits per heavy atom. The highest BCUT2D eigenvalue weighted by Gasteiger charge is 2.26. The summed E-state index contributed by atoms with van der Waals surface area (Å²) in [6.07, 6.45) is -3.78. The molecular weight excluding hydrogens is 217 g/mol. The molecule has 6 heteroatoms. The van der Waals surface area contributed by atoms with Gasteiger partial charge in [0, 0.05) is 6.42 Å². The maximum Gasteiger partial charge on any atom is 0.402 e. The molecule has 0 saturated heterocycles. The van der Waals surface area contributed by atoms with Crippen molar-refractivity contribution in [2.75, 3.05) is 5.75 Å². The molecule has 0 radical (unpaired) electrons. The monoisotopic (exact) mass is 227 g/mol. The number of allylic oxidation sites excluding steroid dienone is 2. The van der Waals surface area contributed by atoms with Gasteiger partial charge in [-0.3, -0.25) is 4.79 Å². The summed E-state index contributed by atoms with van der Waals surface area (Å²) in [5.74, 6) is -2.30. The van der Waals surface area contributed by atoms with Crippen molar-refractivity contribution in [1.29, 1.82) is 0 Å². The van der Waals surface area contributed by atoms with E-state index in [1.54, 1.807) is 0 Å².